The number of ether oxygens (including phenoxy) is 2. The molecular weight excluding hydrogens is 288 g/mol. The first-order valence-corrected chi connectivity index (χ1v) is 7.49. The van der Waals surface area contributed by atoms with Gasteiger partial charge in [-0.2, -0.15) is 0 Å². The van der Waals surface area contributed by atoms with Gasteiger partial charge in [0, 0.05) is 29.8 Å². The summed E-state index contributed by atoms with van der Waals surface area (Å²) in [5.41, 5.74) is 12.2. The number of nitrogens with two attached hydrogens (primary N) is 2. The Morgan fingerprint density at radius 2 is 1.61 bits per heavy atom. The molecule has 1 aliphatic carbocycles. The van der Waals surface area contributed by atoms with Gasteiger partial charge in [0.25, 0.3) is 0 Å². The predicted molar refractivity (Wildman–Crippen MR) is 92.4 cm³/mol. The molecule has 0 heterocycles. The van der Waals surface area contributed by atoms with Crippen LogP contribution in [0.5, 0.6) is 17.2 Å². The number of anilines is 1. The topological polar surface area (TPSA) is 70.5 Å². The number of nitrogen functional groups attached to an aromatic ring is 1. The van der Waals surface area contributed by atoms with Crippen LogP contribution in [0.4, 0.5) is 5.69 Å². The lowest BCUT2D eigenvalue weighted by molar-refractivity contribution is 0.366. The summed E-state index contributed by atoms with van der Waals surface area (Å²) in [6, 6.07) is 14.8. The van der Waals surface area contributed by atoms with Gasteiger partial charge in [-0.3, -0.25) is 0 Å². The summed E-state index contributed by atoms with van der Waals surface area (Å²) in [4.78, 5) is 0. The molecule has 0 amide bonds. The largest absolute Gasteiger partial charge is 0.462 e. The third-order valence-electron chi connectivity index (χ3n) is 3.46. The summed E-state index contributed by atoms with van der Waals surface area (Å²) >= 11 is 0. The molecular formula is C19H20N2O2. The van der Waals surface area contributed by atoms with Crippen LogP contribution in [0.25, 0.3) is 0 Å². The molecule has 1 unspecified atom stereocenters. The minimum atomic E-state index is -0.375. The predicted octanol–water partition coefficient (Wildman–Crippen LogP) is 4.00. The van der Waals surface area contributed by atoms with Gasteiger partial charge < -0.3 is 20.9 Å². The van der Waals surface area contributed by atoms with Gasteiger partial charge >= 0.3 is 0 Å². The van der Waals surface area contributed by atoms with Crippen LogP contribution < -0.4 is 20.9 Å². The highest BCUT2D eigenvalue weighted by Gasteiger charge is 2.20. The van der Waals surface area contributed by atoms with Crippen LogP contribution >= 0.6 is 0 Å². The lowest BCUT2D eigenvalue weighted by atomic mass is 9.94. The van der Waals surface area contributed by atoms with E-state index < -0.39 is 0 Å². The molecule has 0 bridgehead atoms. The zero-order valence-corrected chi connectivity index (χ0v) is 13.0. The summed E-state index contributed by atoms with van der Waals surface area (Å²) in [6.07, 6.45) is 6.48. The van der Waals surface area contributed by atoms with E-state index in [2.05, 4.69) is 0 Å². The Morgan fingerprint density at radius 1 is 0.957 bits per heavy atom. The summed E-state index contributed by atoms with van der Waals surface area (Å²) in [5.74, 6) is 2.93. The average molecular weight is 308 g/mol. The molecule has 0 saturated carbocycles. The maximum Gasteiger partial charge on any atom is 0.131 e. The molecule has 118 valence electrons. The fourth-order valence-corrected chi connectivity index (χ4v) is 2.41. The quantitative estimate of drug-likeness (QED) is 0.837. The van der Waals surface area contributed by atoms with E-state index >= 15 is 0 Å². The van der Waals surface area contributed by atoms with E-state index in [1.165, 1.54) is 0 Å². The van der Waals surface area contributed by atoms with Crippen molar-refractivity contribution < 1.29 is 9.47 Å². The summed E-state index contributed by atoms with van der Waals surface area (Å²) in [5, 5.41) is 0. The van der Waals surface area contributed by atoms with Crippen LogP contribution in [0.3, 0.4) is 0 Å². The molecule has 3 rings (SSSR count). The van der Waals surface area contributed by atoms with Gasteiger partial charge in [0.1, 0.15) is 23.0 Å². The maximum absolute atomic E-state index is 6.12. The molecule has 4 N–H and O–H groups in total. The van der Waals surface area contributed by atoms with Crippen LogP contribution in [0, 0.1) is 0 Å². The van der Waals surface area contributed by atoms with Crippen molar-refractivity contribution in [3.63, 3.8) is 0 Å². The Labute approximate surface area is 136 Å². The molecule has 0 saturated heterocycles. The molecule has 0 fully saturated rings. The smallest absolute Gasteiger partial charge is 0.131 e. The van der Waals surface area contributed by atoms with Crippen molar-refractivity contribution in [2.24, 2.45) is 5.73 Å². The number of hydrogen-bond acceptors (Lipinski definition) is 4. The van der Waals surface area contributed by atoms with E-state index in [0.29, 0.717) is 29.4 Å². The second kappa shape index (κ2) is 6.18. The lowest BCUT2D eigenvalue weighted by Gasteiger charge is -2.24. The molecule has 1 atom stereocenters. The number of rotatable bonds is 4. The summed E-state index contributed by atoms with van der Waals surface area (Å²) < 4.78 is 11.7. The molecule has 0 spiro atoms. The van der Waals surface area contributed by atoms with E-state index in [1.54, 1.807) is 6.07 Å². The van der Waals surface area contributed by atoms with Gasteiger partial charge in [-0.15, -0.1) is 0 Å². The highest BCUT2D eigenvalue weighted by atomic mass is 16.5. The zero-order valence-electron chi connectivity index (χ0n) is 13.0. The first-order valence-electron chi connectivity index (χ1n) is 7.49. The van der Waals surface area contributed by atoms with Gasteiger partial charge in [0.2, 0.25) is 0 Å². The third-order valence-corrected chi connectivity index (χ3v) is 3.46. The third kappa shape index (κ3) is 4.14. The van der Waals surface area contributed by atoms with Crippen LogP contribution in [-0.4, -0.2) is 5.54 Å². The van der Waals surface area contributed by atoms with E-state index in [-0.39, 0.29) is 5.54 Å². The van der Waals surface area contributed by atoms with Gasteiger partial charge in [-0.25, -0.2) is 0 Å². The molecule has 0 aromatic heterocycles. The highest BCUT2D eigenvalue weighted by Crippen LogP contribution is 2.29. The van der Waals surface area contributed by atoms with Crippen molar-refractivity contribution in [1.82, 2.24) is 0 Å². The first-order chi connectivity index (χ1) is 11.0. The van der Waals surface area contributed by atoms with E-state index in [0.717, 1.165) is 5.76 Å². The summed E-state index contributed by atoms with van der Waals surface area (Å²) in [7, 11) is 0. The Bertz CT molecular complexity index is 763. The molecule has 23 heavy (non-hydrogen) atoms. The minimum Gasteiger partial charge on any atom is -0.462 e. The zero-order chi connectivity index (χ0) is 16.3. The molecule has 4 heteroatoms. The number of benzene rings is 2. The second-order valence-electron chi connectivity index (χ2n) is 5.93. The van der Waals surface area contributed by atoms with Gasteiger partial charge in [-0.05, 0) is 37.3 Å². The molecule has 2 aromatic rings. The Morgan fingerprint density at radius 3 is 2.30 bits per heavy atom. The van der Waals surface area contributed by atoms with Crippen LogP contribution in [0.15, 0.2) is 72.5 Å². The summed E-state index contributed by atoms with van der Waals surface area (Å²) in [6.45, 7) is 1.97. The van der Waals surface area contributed by atoms with Crippen molar-refractivity contribution in [1.29, 1.82) is 0 Å². The number of hydrogen-bond donors (Lipinski definition) is 2. The average Bonchev–Trinajstić information content (AvgIpc) is 2.46. The van der Waals surface area contributed by atoms with E-state index in [4.69, 9.17) is 20.9 Å². The van der Waals surface area contributed by atoms with Crippen LogP contribution in [-0.2, 0) is 0 Å². The normalized spacial score (nSPS) is 20.0. The van der Waals surface area contributed by atoms with Crippen molar-refractivity contribution in [2.45, 2.75) is 18.9 Å². The number of allylic oxidation sites excluding steroid dienone is 2. The fourth-order valence-electron chi connectivity index (χ4n) is 2.41. The van der Waals surface area contributed by atoms with Gasteiger partial charge in [-0.1, -0.05) is 24.3 Å². The van der Waals surface area contributed by atoms with Crippen LogP contribution in [0.1, 0.15) is 13.3 Å². The molecule has 4 nitrogen and oxygen atoms in total. The maximum atomic E-state index is 6.12. The fraction of sp³-hybridized carbons (Fsp3) is 0.158. The molecule has 0 aliphatic heterocycles. The lowest BCUT2D eigenvalue weighted by Crippen LogP contribution is -2.35. The monoisotopic (exact) mass is 308 g/mol. The Kier molecular flexibility index (Phi) is 4.08. The van der Waals surface area contributed by atoms with E-state index in [1.807, 2.05) is 67.6 Å². The first kappa shape index (κ1) is 15.2. The van der Waals surface area contributed by atoms with Crippen molar-refractivity contribution in [3.05, 3.63) is 72.5 Å². The standard InChI is InChI=1S/C19H20N2O2/c1-19(21)10-4-9-18(13-19)23-17-8-3-7-16(12-17)22-15-6-2-5-14(20)11-15/h2-12H,13,20-21H2,1H3. The highest BCUT2D eigenvalue weighted by molar-refractivity contribution is 5.46. The SMILES string of the molecule is CC1(N)C=CC=C(Oc2cccc(Oc3cccc(N)c3)c2)C1. The van der Waals surface area contributed by atoms with Crippen molar-refractivity contribution >= 4 is 5.69 Å². The minimum absolute atomic E-state index is 0.375. The van der Waals surface area contributed by atoms with Crippen molar-refractivity contribution in [2.75, 3.05) is 5.73 Å². The van der Waals surface area contributed by atoms with Crippen LogP contribution in [0.2, 0.25) is 0 Å². The second-order valence-corrected chi connectivity index (χ2v) is 5.93. The van der Waals surface area contributed by atoms with E-state index in [9.17, 15) is 0 Å². The molecule has 0 radical (unpaired) electrons. The Hall–Kier alpha value is -2.72. The molecule has 2 aromatic carbocycles. The Balaban J connectivity index is 1.73. The van der Waals surface area contributed by atoms with Crippen molar-refractivity contribution in [3.8, 4) is 17.2 Å². The van der Waals surface area contributed by atoms with Gasteiger partial charge in [0.15, 0.2) is 0 Å². The molecule has 1 aliphatic rings. The van der Waals surface area contributed by atoms with Gasteiger partial charge in [0.05, 0.1) is 0 Å².